The molecule has 1 N–H and O–H groups in total. The first-order chi connectivity index (χ1) is 13.6. The Hall–Kier alpha value is -2.86. The van der Waals surface area contributed by atoms with E-state index >= 15 is 0 Å². The van der Waals surface area contributed by atoms with Crippen LogP contribution in [0.3, 0.4) is 0 Å². The second-order valence-electron chi connectivity index (χ2n) is 6.44. The molecule has 3 aromatic rings. The van der Waals surface area contributed by atoms with Crippen molar-refractivity contribution in [2.24, 2.45) is 0 Å². The van der Waals surface area contributed by atoms with Crippen LogP contribution in [-0.2, 0) is 11.3 Å². The summed E-state index contributed by atoms with van der Waals surface area (Å²) in [5, 5.41) is 3.30. The van der Waals surface area contributed by atoms with Crippen LogP contribution in [0, 0.1) is 0 Å². The van der Waals surface area contributed by atoms with E-state index in [4.69, 9.17) is 0 Å². The van der Waals surface area contributed by atoms with Crippen LogP contribution in [0.5, 0.6) is 0 Å². The number of aromatic nitrogens is 2. The maximum absolute atomic E-state index is 13.1. The number of hydrogen-bond donors (Lipinski definition) is 1. The number of rotatable bonds is 8. The number of carbonyl (C=O) groups excluding carboxylic acids is 2. The molecule has 0 saturated carbocycles. The number of benzene rings is 2. The van der Waals surface area contributed by atoms with E-state index in [1.54, 1.807) is 30.5 Å². The maximum atomic E-state index is 13.1. The van der Waals surface area contributed by atoms with Crippen LogP contribution in [-0.4, -0.2) is 21.2 Å². The average molecular weight is 394 g/mol. The van der Waals surface area contributed by atoms with Gasteiger partial charge in [-0.3, -0.25) is 9.59 Å². The molecule has 1 aromatic heterocycles. The first-order valence-corrected chi connectivity index (χ1v) is 10.1. The molecule has 1 heterocycles. The van der Waals surface area contributed by atoms with Crippen molar-refractivity contribution in [3.05, 3.63) is 78.1 Å². The van der Waals surface area contributed by atoms with Crippen LogP contribution in [0.15, 0.2) is 72.1 Å². The van der Waals surface area contributed by atoms with Gasteiger partial charge in [0.05, 0.1) is 0 Å². The zero-order valence-electron chi connectivity index (χ0n) is 16.0. The van der Waals surface area contributed by atoms with Crippen molar-refractivity contribution in [2.75, 3.05) is 5.32 Å². The molecule has 0 bridgehead atoms. The largest absolute Gasteiger partial charge is 0.326 e. The number of thioether (sulfide) groups is 1. The molecular weight excluding hydrogens is 370 g/mol. The molecule has 0 aliphatic rings. The fraction of sp³-hybridized carbons (Fsp3) is 0.227. The number of amides is 1. The molecule has 2 aromatic carbocycles. The van der Waals surface area contributed by atoms with E-state index in [0.717, 1.165) is 23.7 Å². The maximum Gasteiger partial charge on any atom is 0.242 e. The molecule has 0 spiro atoms. The number of nitrogens with zero attached hydrogens (tertiary/aromatic N) is 2. The molecule has 0 unspecified atom stereocenters. The summed E-state index contributed by atoms with van der Waals surface area (Å²) in [6.07, 6.45) is 4.68. The molecule has 3 rings (SSSR count). The van der Waals surface area contributed by atoms with Crippen molar-refractivity contribution in [3.63, 3.8) is 0 Å². The first kappa shape index (κ1) is 19.9. The lowest BCUT2D eigenvalue weighted by molar-refractivity contribution is -0.115. The second kappa shape index (κ2) is 9.37. The molecule has 0 aliphatic heterocycles. The second-order valence-corrected chi connectivity index (χ2v) is 7.51. The third kappa shape index (κ3) is 4.89. The van der Waals surface area contributed by atoms with Gasteiger partial charge in [-0.15, -0.1) is 0 Å². The Morgan fingerprint density at radius 1 is 1.14 bits per heavy atom. The minimum absolute atomic E-state index is 0.0355. The Bertz CT molecular complexity index is 953. The first-order valence-electron chi connectivity index (χ1n) is 9.23. The highest BCUT2D eigenvalue weighted by Gasteiger charge is 2.24. The van der Waals surface area contributed by atoms with Crippen LogP contribution < -0.4 is 5.32 Å². The Kier molecular flexibility index (Phi) is 6.66. The lowest BCUT2D eigenvalue weighted by atomic mass is 10.1. The number of ketones is 1. The molecule has 144 valence electrons. The molecule has 6 heteroatoms. The number of Topliss-reactive ketones (excluding diaryl/α,β-unsaturated/α-hetero) is 1. The van der Waals surface area contributed by atoms with Gasteiger partial charge in [0, 0.05) is 30.2 Å². The number of aryl methyl sites for hydroxylation is 1. The van der Waals surface area contributed by atoms with Crippen LogP contribution in [0.2, 0.25) is 0 Å². The molecule has 28 heavy (non-hydrogen) atoms. The van der Waals surface area contributed by atoms with Crippen molar-refractivity contribution in [2.45, 2.75) is 37.2 Å². The van der Waals surface area contributed by atoms with Gasteiger partial charge in [0.1, 0.15) is 5.25 Å². The molecule has 0 fully saturated rings. The fourth-order valence-corrected chi connectivity index (χ4v) is 3.93. The monoisotopic (exact) mass is 393 g/mol. The Labute approximate surface area is 169 Å². The zero-order chi connectivity index (χ0) is 19.9. The molecule has 1 atom stereocenters. The Balaban J connectivity index is 1.86. The zero-order valence-corrected chi connectivity index (χ0v) is 16.8. The summed E-state index contributed by atoms with van der Waals surface area (Å²) in [6.45, 7) is 4.47. The number of anilines is 1. The van der Waals surface area contributed by atoms with Crippen LogP contribution >= 0.6 is 11.8 Å². The van der Waals surface area contributed by atoms with Crippen LogP contribution in [0.4, 0.5) is 5.69 Å². The summed E-state index contributed by atoms with van der Waals surface area (Å²) in [5.41, 5.74) is 2.08. The van der Waals surface area contributed by atoms with E-state index in [1.165, 1.54) is 18.7 Å². The summed E-state index contributed by atoms with van der Waals surface area (Å²) in [6, 6.07) is 16.6. The highest BCUT2D eigenvalue weighted by atomic mass is 32.2. The van der Waals surface area contributed by atoms with Gasteiger partial charge in [-0.1, -0.05) is 61.2 Å². The van der Waals surface area contributed by atoms with Gasteiger partial charge in [0.25, 0.3) is 0 Å². The molecule has 0 radical (unpaired) electrons. The summed E-state index contributed by atoms with van der Waals surface area (Å²) in [4.78, 5) is 29.2. The minimum Gasteiger partial charge on any atom is -0.326 e. The van der Waals surface area contributed by atoms with E-state index < -0.39 is 5.25 Å². The van der Waals surface area contributed by atoms with Gasteiger partial charge in [-0.2, -0.15) is 0 Å². The summed E-state index contributed by atoms with van der Waals surface area (Å²) in [7, 11) is 0. The van der Waals surface area contributed by atoms with E-state index in [-0.39, 0.29) is 11.7 Å². The topological polar surface area (TPSA) is 64.0 Å². The highest BCUT2D eigenvalue weighted by molar-refractivity contribution is 8.00. The van der Waals surface area contributed by atoms with Gasteiger partial charge in [0.15, 0.2) is 10.9 Å². The predicted octanol–water partition coefficient (Wildman–Crippen LogP) is 4.97. The third-order valence-electron chi connectivity index (χ3n) is 4.24. The molecule has 5 nitrogen and oxygen atoms in total. The predicted molar refractivity (Wildman–Crippen MR) is 113 cm³/mol. The van der Waals surface area contributed by atoms with E-state index in [9.17, 15) is 9.59 Å². The van der Waals surface area contributed by atoms with E-state index in [0.29, 0.717) is 11.3 Å². The van der Waals surface area contributed by atoms with Gasteiger partial charge in [-0.05, 0) is 31.0 Å². The van der Waals surface area contributed by atoms with E-state index in [1.807, 2.05) is 36.5 Å². The van der Waals surface area contributed by atoms with Crippen molar-refractivity contribution >= 4 is 29.1 Å². The third-order valence-corrected chi connectivity index (χ3v) is 5.51. The standard InChI is InChI=1S/C22H23N3O2S/c1-3-13-25-14-12-23-22(25)28-20(17-8-5-4-6-9-17)21(27)24-19-11-7-10-18(15-19)16(2)26/h4-12,14-15,20H,3,13H2,1-2H3,(H,24,27)/t20-/m0/s1. The van der Waals surface area contributed by atoms with Crippen molar-refractivity contribution < 1.29 is 9.59 Å². The minimum atomic E-state index is -0.458. The Morgan fingerprint density at radius 3 is 2.64 bits per heavy atom. The van der Waals surface area contributed by atoms with Crippen molar-refractivity contribution in [1.82, 2.24) is 9.55 Å². The normalized spacial score (nSPS) is 11.8. The smallest absolute Gasteiger partial charge is 0.242 e. The van der Waals surface area contributed by atoms with Gasteiger partial charge < -0.3 is 9.88 Å². The number of carbonyl (C=O) groups is 2. The summed E-state index contributed by atoms with van der Waals surface area (Å²) >= 11 is 1.43. The van der Waals surface area contributed by atoms with Crippen molar-refractivity contribution in [3.8, 4) is 0 Å². The average Bonchev–Trinajstić information content (AvgIpc) is 3.14. The SMILES string of the molecule is CCCn1ccnc1S[C@H](C(=O)Nc1cccc(C(C)=O)c1)c1ccccc1. The fourth-order valence-electron chi connectivity index (χ4n) is 2.85. The van der Waals surface area contributed by atoms with Gasteiger partial charge in [-0.25, -0.2) is 4.98 Å². The highest BCUT2D eigenvalue weighted by Crippen LogP contribution is 2.35. The van der Waals surface area contributed by atoms with Crippen molar-refractivity contribution in [1.29, 1.82) is 0 Å². The van der Waals surface area contributed by atoms with Crippen LogP contribution in [0.1, 0.15) is 41.4 Å². The Morgan fingerprint density at radius 2 is 1.93 bits per heavy atom. The van der Waals surface area contributed by atoms with Crippen LogP contribution in [0.25, 0.3) is 0 Å². The number of hydrogen-bond acceptors (Lipinski definition) is 4. The molecule has 0 aliphatic carbocycles. The number of imidazole rings is 1. The quantitative estimate of drug-likeness (QED) is 0.434. The number of nitrogens with one attached hydrogen (secondary N) is 1. The summed E-state index contributed by atoms with van der Waals surface area (Å²) < 4.78 is 2.06. The van der Waals surface area contributed by atoms with E-state index in [2.05, 4.69) is 21.8 Å². The van der Waals surface area contributed by atoms with Gasteiger partial charge in [0.2, 0.25) is 5.91 Å². The molecular formula is C22H23N3O2S. The molecule has 0 saturated heterocycles. The lowest BCUT2D eigenvalue weighted by Crippen LogP contribution is -2.19. The van der Waals surface area contributed by atoms with Gasteiger partial charge >= 0.3 is 0 Å². The lowest BCUT2D eigenvalue weighted by Gasteiger charge is -2.17. The molecule has 1 amide bonds. The summed E-state index contributed by atoms with van der Waals surface area (Å²) in [5.74, 6) is -0.186.